The monoisotopic (exact) mass is 423 g/mol. The van der Waals surface area contributed by atoms with Gasteiger partial charge in [-0.2, -0.15) is 0 Å². The van der Waals surface area contributed by atoms with Gasteiger partial charge in [-0.3, -0.25) is 9.88 Å². The predicted molar refractivity (Wildman–Crippen MR) is 121 cm³/mol. The number of piperidine rings is 2. The molecule has 0 saturated carbocycles. The number of nitrogens with one attached hydrogen (secondary N) is 1. The standard InChI is InChI=1S/C25H27ClFN3/c26-22-5-10-29-24-4-2-19(16-21(22)24)20-3-1-18(15-23(20)27)17-30-13-8-25(9-14-30)6-11-28-12-7-25/h1-5,10,15-16,28H,6-9,11-14,17H2. The van der Waals surface area contributed by atoms with Crippen molar-refractivity contribution >= 4 is 22.5 Å². The number of fused-ring (bicyclic) bond motifs is 1. The first-order valence-electron chi connectivity index (χ1n) is 10.9. The van der Waals surface area contributed by atoms with Gasteiger partial charge in [-0.15, -0.1) is 0 Å². The summed E-state index contributed by atoms with van der Waals surface area (Å²) in [6.07, 6.45) is 6.82. The van der Waals surface area contributed by atoms with E-state index in [2.05, 4.69) is 21.3 Å². The van der Waals surface area contributed by atoms with E-state index < -0.39 is 0 Å². The third kappa shape index (κ3) is 3.96. The molecule has 2 saturated heterocycles. The molecule has 3 nitrogen and oxygen atoms in total. The second kappa shape index (κ2) is 8.26. The van der Waals surface area contributed by atoms with E-state index in [1.807, 2.05) is 24.3 Å². The van der Waals surface area contributed by atoms with Gasteiger partial charge in [0.05, 0.1) is 10.5 Å². The van der Waals surface area contributed by atoms with E-state index in [0.717, 1.165) is 54.8 Å². The summed E-state index contributed by atoms with van der Waals surface area (Å²) in [7, 11) is 0. The van der Waals surface area contributed by atoms with Gasteiger partial charge in [-0.05, 0) is 92.7 Å². The van der Waals surface area contributed by atoms with Gasteiger partial charge in [0.25, 0.3) is 0 Å². The second-order valence-corrected chi connectivity index (χ2v) is 9.27. The van der Waals surface area contributed by atoms with Crippen LogP contribution in [0.25, 0.3) is 22.0 Å². The zero-order valence-corrected chi connectivity index (χ0v) is 17.9. The molecule has 1 N–H and O–H groups in total. The van der Waals surface area contributed by atoms with Crippen molar-refractivity contribution in [2.24, 2.45) is 5.41 Å². The second-order valence-electron chi connectivity index (χ2n) is 8.87. The molecule has 0 amide bonds. The van der Waals surface area contributed by atoms with E-state index in [9.17, 15) is 0 Å². The maximum atomic E-state index is 15.0. The Balaban J connectivity index is 1.30. The molecular formula is C25H27ClFN3. The van der Waals surface area contributed by atoms with Crippen LogP contribution in [0.2, 0.25) is 5.02 Å². The number of nitrogens with zero attached hydrogens (tertiary/aromatic N) is 2. The first-order valence-corrected chi connectivity index (χ1v) is 11.3. The number of hydrogen-bond acceptors (Lipinski definition) is 3. The number of rotatable bonds is 3. The first-order chi connectivity index (χ1) is 14.6. The number of aromatic nitrogens is 1. The number of benzene rings is 2. The van der Waals surface area contributed by atoms with Crippen LogP contribution < -0.4 is 5.32 Å². The van der Waals surface area contributed by atoms with Gasteiger partial charge in [0.2, 0.25) is 0 Å². The van der Waals surface area contributed by atoms with Crippen molar-refractivity contribution < 1.29 is 4.39 Å². The zero-order chi connectivity index (χ0) is 20.6. The van der Waals surface area contributed by atoms with E-state index in [-0.39, 0.29) is 5.82 Å². The smallest absolute Gasteiger partial charge is 0.131 e. The van der Waals surface area contributed by atoms with Gasteiger partial charge in [0.15, 0.2) is 0 Å². The highest BCUT2D eigenvalue weighted by molar-refractivity contribution is 6.35. The molecule has 5 rings (SSSR count). The Kier molecular flexibility index (Phi) is 5.48. The lowest BCUT2D eigenvalue weighted by molar-refractivity contribution is 0.0701. The van der Waals surface area contributed by atoms with Crippen LogP contribution in [-0.2, 0) is 6.54 Å². The molecule has 1 spiro atoms. The van der Waals surface area contributed by atoms with E-state index in [1.54, 1.807) is 18.3 Å². The largest absolute Gasteiger partial charge is 0.317 e. The maximum absolute atomic E-state index is 15.0. The Hall–Kier alpha value is -2.01. The fourth-order valence-electron chi connectivity index (χ4n) is 5.07. The van der Waals surface area contributed by atoms with Crippen LogP contribution in [0.4, 0.5) is 4.39 Å². The molecule has 0 radical (unpaired) electrons. The van der Waals surface area contributed by atoms with Crippen LogP contribution >= 0.6 is 11.6 Å². The fourth-order valence-corrected chi connectivity index (χ4v) is 5.28. The normalized spacial score (nSPS) is 19.4. The highest BCUT2D eigenvalue weighted by Crippen LogP contribution is 2.40. The van der Waals surface area contributed by atoms with E-state index in [4.69, 9.17) is 11.6 Å². The molecule has 3 heterocycles. The lowest BCUT2D eigenvalue weighted by atomic mass is 9.71. The summed E-state index contributed by atoms with van der Waals surface area (Å²) in [6.45, 7) is 5.35. The highest BCUT2D eigenvalue weighted by Gasteiger charge is 2.35. The van der Waals surface area contributed by atoms with E-state index in [1.165, 1.54) is 25.7 Å². The van der Waals surface area contributed by atoms with Gasteiger partial charge in [0, 0.05) is 23.7 Å². The van der Waals surface area contributed by atoms with Gasteiger partial charge in [-0.25, -0.2) is 4.39 Å². The SMILES string of the molecule is Fc1cc(CN2CCC3(CCNCC3)CC2)ccc1-c1ccc2nccc(Cl)c2c1. The minimum absolute atomic E-state index is 0.182. The van der Waals surface area contributed by atoms with Crippen LogP contribution in [0.5, 0.6) is 0 Å². The van der Waals surface area contributed by atoms with Crippen molar-refractivity contribution in [3.8, 4) is 11.1 Å². The molecule has 0 aliphatic carbocycles. The minimum atomic E-state index is -0.182. The summed E-state index contributed by atoms with van der Waals surface area (Å²) >= 11 is 6.30. The van der Waals surface area contributed by atoms with E-state index >= 15 is 4.39 Å². The van der Waals surface area contributed by atoms with Crippen molar-refractivity contribution in [1.82, 2.24) is 15.2 Å². The van der Waals surface area contributed by atoms with Crippen LogP contribution in [0.3, 0.4) is 0 Å². The predicted octanol–water partition coefficient (Wildman–Crippen LogP) is 5.66. The van der Waals surface area contributed by atoms with Crippen molar-refractivity contribution in [1.29, 1.82) is 0 Å². The van der Waals surface area contributed by atoms with Crippen LogP contribution in [0, 0.1) is 11.2 Å². The molecule has 2 aliphatic rings. The highest BCUT2D eigenvalue weighted by atomic mass is 35.5. The molecule has 156 valence electrons. The first kappa shape index (κ1) is 19.9. The van der Waals surface area contributed by atoms with Crippen LogP contribution in [0.15, 0.2) is 48.7 Å². The Morgan fingerprint density at radius 2 is 1.80 bits per heavy atom. The molecule has 30 heavy (non-hydrogen) atoms. The number of halogens is 2. The molecule has 5 heteroatoms. The van der Waals surface area contributed by atoms with Crippen molar-refractivity contribution in [3.05, 3.63) is 65.1 Å². The number of likely N-dealkylation sites (tertiary alicyclic amines) is 1. The minimum Gasteiger partial charge on any atom is -0.317 e. The van der Waals surface area contributed by atoms with Crippen molar-refractivity contribution in [2.75, 3.05) is 26.2 Å². The lowest BCUT2D eigenvalue weighted by Crippen LogP contribution is -2.45. The molecule has 1 aromatic heterocycles. The summed E-state index contributed by atoms with van der Waals surface area (Å²) in [6, 6.07) is 13.1. The summed E-state index contributed by atoms with van der Waals surface area (Å²) in [5, 5.41) is 4.96. The van der Waals surface area contributed by atoms with Gasteiger partial charge < -0.3 is 5.32 Å². The Bertz CT molecular complexity index is 1050. The van der Waals surface area contributed by atoms with Crippen molar-refractivity contribution in [2.45, 2.75) is 32.2 Å². The molecule has 2 fully saturated rings. The Morgan fingerprint density at radius 1 is 1.00 bits per heavy atom. The quantitative estimate of drug-likeness (QED) is 0.589. The molecule has 0 unspecified atom stereocenters. The summed E-state index contributed by atoms with van der Waals surface area (Å²) in [5.74, 6) is -0.182. The third-order valence-corrected chi connectivity index (χ3v) is 7.35. The lowest BCUT2D eigenvalue weighted by Gasteiger charge is -2.44. The average Bonchev–Trinajstić information content (AvgIpc) is 2.77. The van der Waals surface area contributed by atoms with Crippen LogP contribution in [0.1, 0.15) is 31.2 Å². The molecule has 2 aliphatic heterocycles. The molecule has 0 bridgehead atoms. The van der Waals surface area contributed by atoms with Crippen LogP contribution in [-0.4, -0.2) is 36.1 Å². The van der Waals surface area contributed by atoms with Gasteiger partial charge >= 0.3 is 0 Å². The topological polar surface area (TPSA) is 28.2 Å². The van der Waals surface area contributed by atoms with Crippen molar-refractivity contribution in [3.63, 3.8) is 0 Å². The Labute approximate surface area is 182 Å². The summed E-state index contributed by atoms with van der Waals surface area (Å²) in [5.41, 5.74) is 3.83. The number of hydrogen-bond donors (Lipinski definition) is 1. The molecule has 3 aromatic rings. The molecular weight excluding hydrogens is 397 g/mol. The summed E-state index contributed by atoms with van der Waals surface area (Å²) in [4.78, 5) is 6.80. The fraction of sp³-hybridized carbons (Fsp3) is 0.400. The average molecular weight is 424 g/mol. The summed E-state index contributed by atoms with van der Waals surface area (Å²) < 4.78 is 15.0. The third-order valence-electron chi connectivity index (χ3n) is 7.02. The number of pyridine rings is 1. The van der Waals surface area contributed by atoms with Gasteiger partial charge in [0.1, 0.15) is 5.82 Å². The Morgan fingerprint density at radius 3 is 2.57 bits per heavy atom. The zero-order valence-electron chi connectivity index (χ0n) is 17.1. The molecule has 2 aromatic carbocycles. The molecule has 0 atom stereocenters. The van der Waals surface area contributed by atoms with Gasteiger partial charge in [-0.1, -0.05) is 29.8 Å². The van der Waals surface area contributed by atoms with E-state index in [0.29, 0.717) is 16.0 Å². The maximum Gasteiger partial charge on any atom is 0.131 e.